The maximum absolute atomic E-state index is 12.9. The Morgan fingerprint density at radius 1 is 0.844 bits per heavy atom. The summed E-state index contributed by atoms with van der Waals surface area (Å²) in [6.07, 6.45) is 0. The molecule has 0 unspecified atom stereocenters. The van der Waals surface area contributed by atoms with Crippen LogP contribution in [0.25, 0.3) is 10.8 Å². The summed E-state index contributed by atoms with van der Waals surface area (Å²) in [5, 5.41) is 11.6. The third-order valence-corrected chi connectivity index (χ3v) is 6.61. The molecule has 0 radical (unpaired) electrons. The number of rotatable bonds is 10. The molecule has 7 nitrogen and oxygen atoms in total. The number of thiocarbonyl (C=S) groups is 1. The summed E-state index contributed by atoms with van der Waals surface area (Å²) in [5.74, 6) is 0. The predicted octanol–water partition coefficient (Wildman–Crippen LogP) is 2.76. The molecule has 0 fully saturated rings. The van der Waals surface area contributed by atoms with Gasteiger partial charge in [-0.1, -0.05) is 42.5 Å². The molecular weight excluding hydrogens is 442 g/mol. The molecule has 170 valence electrons. The van der Waals surface area contributed by atoms with Crippen LogP contribution in [0.4, 0.5) is 11.4 Å². The lowest BCUT2D eigenvalue weighted by atomic mass is 10.1. The number of benzene rings is 3. The number of anilines is 2. The van der Waals surface area contributed by atoms with E-state index in [2.05, 4.69) is 20.7 Å². The van der Waals surface area contributed by atoms with E-state index in [4.69, 9.17) is 12.2 Å². The lowest BCUT2D eigenvalue weighted by Gasteiger charge is -2.17. The zero-order valence-corrected chi connectivity index (χ0v) is 19.9. The highest BCUT2D eigenvalue weighted by Crippen LogP contribution is 2.29. The van der Waals surface area contributed by atoms with Crippen LogP contribution in [0.1, 0.15) is 0 Å². The van der Waals surface area contributed by atoms with Crippen molar-refractivity contribution in [2.75, 3.05) is 50.5 Å². The summed E-state index contributed by atoms with van der Waals surface area (Å²) in [6, 6.07) is 20.8. The molecule has 0 heterocycles. The minimum atomic E-state index is -3.63. The average Bonchev–Trinajstić information content (AvgIpc) is 2.78. The smallest absolute Gasteiger partial charge is 0.241 e. The van der Waals surface area contributed by atoms with E-state index in [-0.39, 0.29) is 4.90 Å². The number of nitrogens with one attached hydrogen (secondary N) is 4. The Bertz CT molecular complexity index is 1150. The minimum absolute atomic E-state index is 0.290. The predicted molar refractivity (Wildman–Crippen MR) is 137 cm³/mol. The molecule has 0 bridgehead atoms. The Kier molecular flexibility index (Phi) is 8.40. The first-order chi connectivity index (χ1) is 15.4. The van der Waals surface area contributed by atoms with Crippen LogP contribution in [0, 0.1) is 0 Å². The van der Waals surface area contributed by atoms with Crippen LogP contribution < -0.4 is 25.6 Å². The maximum Gasteiger partial charge on any atom is 0.241 e. The molecule has 0 aliphatic carbocycles. The number of sulfonamides is 1. The topological polar surface area (TPSA) is 85.5 Å². The van der Waals surface area contributed by atoms with E-state index in [9.17, 15) is 8.42 Å². The SMILES string of the molecule is CN(C)c1cccc2c(S(=O)(=O)NCCNCCNC(=S)Nc3ccccc3)cccc12. The number of fused-ring (bicyclic) bond motifs is 1. The first-order valence-corrected chi connectivity index (χ1v) is 12.3. The monoisotopic (exact) mass is 471 g/mol. The van der Waals surface area contributed by atoms with E-state index >= 15 is 0 Å². The van der Waals surface area contributed by atoms with Gasteiger partial charge in [-0.25, -0.2) is 13.1 Å². The molecule has 3 aromatic rings. The van der Waals surface area contributed by atoms with Crippen LogP contribution in [0.3, 0.4) is 0 Å². The molecule has 4 N–H and O–H groups in total. The summed E-state index contributed by atoms with van der Waals surface area (Å²) in [4.78, 5) is 2.27. The lowest BCUT2D eigenvalue weighted by Crippen LogP contribution is -2.37. The van der Waals surface area contributed by atoms with Gasteiger partial charge in [0.05, 0.1) is 4.90 Å². The molecule has 0 amide bonds. The average molecular weight is 472 g/mol. The van der Waals surface area contributed by atoms with Crippen molar-refractivity contribution >= 4 is 49.5 Å². The van der Waals surface area contributed by atoms with Gasteiger partial charge in [-0.05, 0) is 36.5 Å². The Hall–Kier alpha value is -2.72. The molecule has 0 aromatic heterocycles. The van der Waals surface area contributed by atoms with Gasteiger partial charge in [0.2, 0.25) is 10.0 Å². The van der Waals surface area contributed by atoms with E-state index in [1.807, 2.05) is 73.6 Å². The summed E-state index contributed by atoms with van der Waals surface area (Å²) in [6.45, 7) is 2.08. The Balaban J connectivity index is 1.45. The summed E-state index contributed by atoms with van der Waals surface area (Å²) >= 11 is 5.26. The number of para-hydroxylation sites is 1. The van der Waals surface area contributed by atoms with Gasteiger partial charge in [-0.3, -0.25) is 0 Å². The highest BCUT2D eigenvalue weighted by Gasteiger charge is 2.17. The second-order valence-electron chi connectivity index (χ2n) is 7.42. The third-order valence-electron chi connectivity index (χ3n) is 4.84. The van der Waals surface area contributed by atoms with Crippen LogP contribution in [-0.4, -0.2) is 53.8 Å². The zero-order valence-electron chi connectivity index (χ0n) is 18.3. The van der Waals surface area contributed by atoms with Crippen molar-refractivity contribution in [3.05, 3.63) is 66.7 Å². The van der Waals surface area contributed by atoms with Gasteiger partial charge in [0, 0.05) is 62.4 Å². The molecule has 3 aromatic carbocycles. The highest BCUT2D eigenvalue weighted by molar-refractivity contribution is 7.89. The van der Waals surface area contributed by atoms with Crippen molar-refractivity contribution in [1.82, 2.24) is 15.4 Å². The summed E-state index contributed by atoms with van der Waals surface area (Å²) < 4.78 is 28.5. The Labute approximate surface area is 195 Å². The fraction of sp³-hybridized carbons (Fsp3) is 0.261. The minimum Gasteiger partial charge on any atom is -0.377 e. The van der Waals surface area contributed by atoms with E-state index in [0.29, 0.717) is 36.7 Å². The van der Waals surface area contributed by atoms with Crippen molar-refractivity contribution < 1.29 is 8.42 Å². The van der Waals surface area contributed by atoms with Crippen molar-refractivity contribution in [2.24, 2.45) is 0 Å². The van der Waals surface area contributed by atoms with Crippen LogP contribution in [0.5, 0.6) is 0 Å². The zero-order chi connectivity index (χ0) is 23.0. The van der Waals surface area contributed by atoms with Gasteiger partial charge in [0.1, 0.15) is 0 Å². The van der Waals surface area contributed by atoms with E-state index in [1.54, 1.807) is 12.1 Å². The van der Waals surface area contributed by atoms with Crippen molar-refractivity contribution in [2.45, 2.75) is 4.90 Å². The first-order valence-electron chi connectivity index (χ1n) is 10.4. The van der Waals surface area contributed by atoms with Gasteiger partial charge < -0.3 is 20.9 Å². The van der Waals surface area contributed by atoms with Gasteiger partial charge in [-0.2, -0.15) is 0 Å². The number of hydrogen-bond acceptors (Lipinski definition) is 5. The fourth-order valence-electron chi connectivity index (χ4n) is 3.33. The molecule has 0 aliphatic rings. The molecule has 0 aliphatic heterocycles. The molecule has 0 spiro atoms. The van der Waals surface area contributed by atoms with Crippen molar-refractivity contribution in [3.63, 3.8) is 0 Å². The highest BCUT2D eigenvalue weighted by atomic mass is 32.2. The van der Waals surface area contributed by atoms with Crippen LogP contribution in [0.2, 0.25) is 0 Å². The largest absolute Gasteiger partial charge is 0.377 e. The number of hydrogen-bond donors (Lipinski definition) is 4. The van der Waals surface area contributed by atoms with Crippen LogP contribution in [0.15, 0.2) is 71.6 Å². The normalized spacial score (nSPS) is 11.3. The van der Waals surface area contributed by atoms with Gasteiger partial charge >= 0.3 is 0 Å². The maximum atomic E-state index is 12.9. The molecule has 32 heavy (non-hydrogen) atoms. The standard InChI is InChI=1S/C23H29N5O2S2/c1-28(2)21-12-6-11-20-19(21)10-7-13-22(20)32(29,30)26-17-15-24-14-16-25-23(31)27-18-8-4-3-5-9-18/h3-13,24,26H,14-17H2,1-2H3,(H2,25,27,31). The van der Waals surface area contributed by atoms with E-state index in [0.717, 1.165) is 16.8 Å². The van der Waals surface area contributed by atoms with Crippen molar-refractivity contribution in [1.29, 1.82) is 0 Å². The van der Waals surface area contributed by atoms with Gasteiger partial charge in [-0.15, -0.1) is 0 Å². The molecule has 9 heteroatoms. The Morgan fingerprint density at radius 2 is 1.53 bits per heavy atom. The first kappa shape index (κ1) is 23.9. The molecule has 3 rings (SSSR count). The van der Waals surface area contributed by atoms with Crippen LogP contribution >= 0.6 is 12.2 Å². The second kappa shape index (κ2) is 11.2. The number of nitrogens with zero attached hydrogens (tertiary/aromatic N) is 1. The van der Waals surface area contributed by atoms with Gasteiger partial charge in [0.25, 0.3) is 0 Å². The second-order valence-corrected chi connectivity index (χ2v) is 9.56. The van der Waals surface area contributed by atoms with Crippen molar-refractivity contribution in [3.8, 4) is 0 Å². The molecule has 0 atom stereocenters. The molecule has 0 saturated heterocycles. The van der Waals surface area contributed by atoms with Crippen LogP contribution in [-0.2, 0) is 10.0 Å². The fourth-order valence-corrected chi connectivity index (χ4v) is 4.80. The molecular formula is C23H29N5O2S2. The van der Waals surface area contributed by atoms with E-state index in [1.165, 1.54) is 0 Å². The third kappa shape index (κ3) is 6.39. The van der Waals surface area contributed by atoms with E-state index < -0.39 is 10.0 Å². The summed E-state index contributed by atoms with van der Waals surface area (Å²) in [7, 11) is 0.262. The molecule has 0 saturated carbocycles. The quantitative estimate of drug-likeness (QED) is 0.267. The Morgan fingerprint density at radius 3 is 2.28 bits per heavy atom. The summed E-state index contributed by atoms with van der Waals surface area (Å²) in [5.41, 5.74) is 1.91. The lowest BCUT2D eigenvalue weighted by molar-refractivity contribution is 0.576. The van der Waals surface area contributed by atoms with Gasteiger partial charge in [0.15, 0.2) is 5.11 Å².